The van der Waals surface area contributed by atoms with Gasteiger partial charge in [-0.1, -0.05) is 6.07 Å². The standard InChI is InChI=1S/C11H15NO2S/c1-8-7-14-9(2)6-12(8)11(13)10-4-3-5-15-10/h3-5,8-9H,6-7H2,1-2H3/t8-,9-/m1/s1. The van der Waals surface area contributed by atoms with Crippen LogP contribution >= 0.6 is 11.3 Å². The molecule has 0 radical (unpaired) electrons. The van der Waals surface area contributed by atoms with Crippen molar-refractivity contribution < 1.29 is 9.53 Å². The Kier molecular flexibility index (Phi) is 3.07. The maximum atomic E-state index is 12.1. The average Bonchev–Trinajstić information content (AvgIpc) is 2.74. The van der Waals surface area contributed by atoms with Crippen molar-refractivity contribution in [2.24, 2.45) is 0 Å². The lowest BCUT2D eigenvalue weighted by atomic mass is 10.2. The van der Waals surface area contributed by atoms with E-state index < -0.39 is 0 Å². The zero-order valence-electron chi connectivity index (χ0n) is 8.97. The Hall–Kier alpha value is -0.870. The SMILES string of the molecule is C[C@@H]1CN(C(=O)c2cccs2)[C@H](C)CO1. The molecule has 1 aromatic heterocycles. The van der Waals surface area contributed by atoms with Crippen LogP contribution in [0.4, 0.5) is 0 Å². The molecule has 0 aromatic carbocycles. The van der Waals surface area contributed by atoms with Crippen molar-refractivity contribution in [1.29, 1.82) is 0 Å². The second kappa shape index (κ2) is 4.33. The first-order chi connectivity index (χ1) is 7.18. The first-order valence-electron chi connectivity index (χ1n) is 5.14. The summed E-state index contributed by atoms with van der Waals surface area (Å²) in [7, 11) is 0. The van der Waals surface area contributed by atoms with Gasteiger partial charge in [0.1, 0.15) is 0 Å². The number of amides is 1. The monoisotopic (exact) mass is 225 g/mol. The highest BCUT2D eigenvalue weighted by Crippen LogP contribution is 2.18. The molecule has 2 atom stereocenters. The van der Waals surface area contributed by atoms with Crippen molar-refractivity contribution in [2.75, 3.05) is 13.2 Å². The van der Waals surface area contributed by atoms with Crippen molar-refractivity contribution in [2.45, 2.75) is 26.0 Å². The van der Waals surface area contributed by atoms with Gasteiger partial charge in [0.15, 0.2) is 0 Å². The van der Waals surface area contributed by atoms with E-state index in [1.165, 1.54) is 11.3 Å². The highest BCUT2D eigenvalue weighted by molar-refractivity contribution is 7.12. The van der Waals surface area contributed by atoms with Gasteiger partial charge in [-0.05, 0) is 25.3 Å². The summed E-state index contributed by atoms with van der Waals surface area (Å²) in [5.74, 6) is 0.132. The molecule has 0 aliphatic carbocycles. The van der Waals surface area contributed by atoms with Crippen LogP contribution in [0.3, 0.4) is 0 Å². The van der Waals surface area contributed by atoms with Crippen LogP contribution < -0.4 is 0 Å². The van der Waals surface area contributed by atoms with E-state index in [2.05, 4.69) is 0 Å². The lowest BCUT2D eigenvalue weighted by molar-refractivity contribution is -0.0385. The van der Waals surface area contributed by atoms with E-state index >= 15 is 0 Å². The molecule has 0 unspecified atom stereocenters. The zero-order chi connectivity index (χ0) is 10.8. The van der Waals surface area contributed by atoms with E-state index in [-0.39, 0.29) is 18.1 Å². The van der Waals surface area contributed by atoms with Crippen molar-refractivity contribution in [1.82, 2.24) is 4.90 Å². The molecule has 0 saturated carbocycles. The summed E-state index contributed by atoms with van der Waals surface area (Å²) in [4.78, 5) is 14.8. The maximum absolute atomic E-state index is 12.1. The van der Waals surface area contributed by atoms with Gasteiger partial charge in [-0.3, -0.25) is 4.79 Å². The third-order valence-electron chi connectivity index (χ3n) is 2.60. The summed E-state index contributed by atoms with van der Waals surface area (Å²) >= 11 is 1.50. The summed E-state index contributed by atoms with van der Waals surface area (Å²) in [6.45, 7) is 5.36. The fourth-order valence-corrected chi connectivity index (χ4v) is 2.41. The number of carbonyl (C=O) groups is 1. The third-order valence-corrected chi connectivity index (χ3v) is 3.46. The molecule has 15 heavy (non-hydrogen) atoms. The zero-order valence-corrected chi connectivity index (χ0v) is 9.79. The van der Waals surface area contributed by atoms with Crippen LogP contribution in [0.15, 0.2) is 17.5 Å². The second-order valence-corrected chi connectivity index (χ2v) is 4.88. The number of nitrogens with zero attached hydrogens (tertiary/aromatic N) is 1. The average molecular weight is 225 g/mol. The van der Waals surface area contributed by atoms with Gasteiger partial charge in [-0.15, -0.1) is 11.3 Å². The molecule has 1 aliphatic rings. The molecule has 0 bridgehead atoms. The smallest absolute Gasteiger partial charge is 0.264 e. The molecule has 1 amide bonds. The van der Waals surface area contributed by atoms with E-state index in [4.69, 9.17) is 4.74 Å². The topological polar surface area (TPSA) is 29.5 Å². The van der Waals surface area contributed by atoms with Crippen molar-refractivity contribution in [3.05, 3.63) is 22.4 Å². The lowest BCUT2D eigenvalue weighted by Gasteiger charge is -2.36. The second-order valence-electron chi connectivity index (χ2n) is 3.93. The largest absolute Gasteiger partial charge is 0.375 e. The van der Waals surface area contributed by atoms with Gasteiger partial charge >= 0.3 is 0 Å². The molecule has 1 aromatic rings. The molecule has 82 valence electrons. The van der Waals surface area contributed by atoms with Gasteiger partial charge in [-0.25, -0.2) is 0 Å². The third kappa shape index (κ3) is 2.21. The molecule has 4 heteroatoms. The van der Waals surface area contributed by atoms with Crippen LogP contribution in [0.25, 0.3) is 0 Å². The molecule has 0 spiro atoms. The predicted molar refractivity (Wildman–Crippen MR) is 60.2 cm³/mol. The Morgan fingerprint density at radius 3 is 3.07 bits per heavy atom. The highest BCUT2D eigenvalue weighted by atomic mass is 32.1. The number of carbonyl (C=O) groups excluding carboxylic acids is 1. The summed E-state index contributed by atoms with van der Waals surface area (Å²) < 4.78 is 5.50. The molecule has 0 N–H and O–H groups in total. The Morgan fingerprint density at radius 2 is 2.40 bits per heavy atom. The summed E-state index contributed by atoms with van der Waals surface area (Å²) in [5, 5.41) is 1.93. The van der Waals surface area contributed by atoms with E-state index in [1.54, 1.807) is 0 Å². The lowest BCUT2D eigenvalue weighted by Crippen LogP contribution is -2.50. The minimum absolute atomic E-state index is 0.132. The van der Waals surface area contributed by atoms with E-state index in [0.717, 1.165) is 4.88 Å². The first kappa shape index (κ1) is 10.6. The molecular formula is C11H15NO2S. The number of hydrogen-bond acceptors (Lipinski definition) is 3. The van der Waals surface area contributed by atoms with Gasteiger partial charge in [0.05, 0.1) is 23.6 Å². The maximum Gasteiger partial charge on any atom is 0.264 e. The minimum atomic E-state index is 0.132. The van der Waals surface area contributed by atoms with Crippen LogP contribution in [0.1, 0.15) is 23.5 Å². The molecular weight excluding hydrogens is 210 g/mol. The number of rotatable bonds is 1. The van der Waals surface area contributed by atoms with Crippen LogP contribution in [-0.4, -0.2) is 36.1 Å². The van der Waals surface area contributed by atoms with Crippen molar-refractivity contribution >= 4 is 17.2 Å². The van der Waals surface area contributed by atoms with Gasteiger partial charge in [0, 0.05) is 6.54 Å². The molecule has 3 nitrogen and oxygen atoms in total. The number of ether oxygens (including phenoxy) is 1. The van der Waals surface area contributed by atoms with E-state index in [0.29, 0.717) is 13.2 Å². The minimum Gasteiger partial charge on any atom is -0.375 e. The van der Waals surface area contributed by atoms with Crippen LogP contribution in [0, 0.1) is 0 Å². The van der Waals surface area contributed by atoms with E-state index in [1.807, 2.05) is 36.3 Å². The summed E-state index contributed by atoms with van der Waals surface area (Å²) in [6.07, 6.45) is 0.144. The normalized spacial score (nSPS) is 26.7. The van der Waals surface area contributed by atoms with Gasteiger partial charge in [0.25, 0.3) is 5.91 Å². The van der Waals surface area contributed by atoms with Gasteiger partial charge in [-0.2, -0.15) is 0 Å². The van der Waals surface area contributed by atoms with Crippen LogP contribution in [0.5, 0.6) is 0 Å². The number of morpholine rings is 1. The van der Waals surface area contributed by atoms with Gasteiger partial charge in [0.2, 0.25) is 0 Å². The summed E-state index contributed by atoms with van der Waals surface area (Å²) in [5.41, 5.74) is 0. The Bertz CT molecular complexity index is 336. The fourth-order valence-electron chi connectivity index (χ4n) is 1.73. The Morgan fingerprint density at radius 1 is 1.60 bits per heavy atom. The molecule has 2 heterocycles. The molecule has 1 aliphatic heterocycles. The first-order valence-corrected chi connectivity index (χ1v) is 6.02. The van der Waals surface area contributed by atoms with Crippen molar-refractivity contribution in [3.8, 4) is 0 Å². The Balaban J connectivity index is 2.12. The fraction of sp³-hybridized carbons (Fsp3) is 0.545. The molecule has 1 saturated heterocycles. The van der Waals surface area contributed by atoms with Crippen LogP contribution in [0.2, 0.25) is 0 Å². The Labute approximate surface area is 93.7 Å². The highest BCUT2D eigenvalue weighted by Gasteiger charge is 2.28. The van der Waals surface area contributed by atoms with Gasteiger partial charge < -0.3 is 9.64 Å². The molecule has 1 fully saturated rings. The van der Waals surface area contributed by atoms with Crippen LogP contribution in [-0.2, 0) is 4.74 Å². The number of hydrogen-bond donors (Lipinski definition) is 0. The predicted octanol–water partition coefficient (Wildman–Crippen LogP) is 2.00. The number of thiophene rings is 1. The quantitative estimate of drug-likeness (QED) is 0.731. The summed E-state index contributed by atoms with van der Waals surface area (Å²) in [6, 6.07) is 3.96. The molecule has 2 rings (SSSR count). The van der Waals surface area contributed by atoms with Crippen molar-refractivity contribution in [3.63, 3.8) is 0 Å². The van der Waals surface area contributed by atoms with E-state index in [9.17, 15) is 4.79 Å².